The SMILES string of the molecule is Cc1ccc2c(C)c(C(=O)N(C)[C@@H](C)c3nc(C)sc3C)oc2c1. The van der Waals surface area contributed by atoms with Gasteiger partial charge in [0.15, 0.2) is 5.76 Å². The lowest BCUT2D eigenvalue weighted by molar-refractivity contribution is 0.0709. The van der Waals surface area contributed by atoms with Crippen LogP contribution in [0.25, 0.3) is 11.0 Å². The molecule has 0 unspecified atom stereocenters. The van der Waals surface area contributed by atoms with Gasteiger partial charge in [-0.1, -0.05) is 12.1 Å². The molecule has 24 heavy (non-hydrogen) atoms. The number of benzene rings is 1. The average molecular weight is 342 g/mol. The van der Waals surface area contributed by atoms with E-state index in [1.54, 1.807) is 23.3 Å². The van der Waals surface area contributed by atoms with Crippen LogP contribution in [0.3, 0.4) is 0 Å². The first kappa shape index (κ1) is 16.7. The van der Waals surface area contributed by atoms with E-state index in [9.17, 15) is 4.79 Å². The molecule has 0 bridgehead atoms. The molecule has 5 heteroatoms. The largest absolute Gasteiger partial charge is 0.451 e. The van der Waals surface area contributed by atoms with Crippen LogP contribution < -0.4 is 0 Å². The maximum absolute atomic E-state index is 13.0. The van der Waals surface area contributed by atoms with Crippen LogP contribution in [0, 0.1) is 27.7 Å². The Morgan fingerprint density at radius 2 is 1.96 bits per heavy atom. The van der Waals surface area contributed by atoms with E-state index in [-0.39, 0.29) is 11.9 Å². The van der Waals surface area contributed by atoms with Gasteiger partial charge in [0, 0.05) is 22.9 Å². The number of amides is 1. The first-order chi connectivity index (χ1) is 11.3. The summed E-state index contributed by atoms with van der Waals surface area (Å²) < 4.78 is 5.88. The Morgan fingerprint density at radius 1 is 1.25 bits per heavy atom. The highest BCUT2D eigenvalue weighted by atomic mass is 32.1. The van der Waals surface area contributed by atoms with Crippen LogP contribution in [0.2, 0.25) is 0 Å². The number of thiazole rings is 1. The number of carbonyl (C=O) groups is 1. The minimum atomic E-state index is -0.112. The number of hydrogen-bond acceptors (Lipinski definition) is 4. The lowest BCUT2D eigenvalue weighted by atomic mass is 10.1. The fourth-order valence-corrected chi connectivity index (χ4v) is 3.90. The molecule has 0 aliphatic rings. The van der Waals surface area contributed by atoms with Crippen LogP contribution in [-0.4, -0.2) is 22.8 Å². The van der Waals surface area contributed by atoms with Gasteiger partial charge in [0.1, 0.15) is 5.58 Å². The van der Waals surface area contributed by atoms with Gasteiger partial charge in [0.25, 0.3) is 5.91 Å². The lowest BCUT2D eigenvalue weighted by Gasteiger charge is -2.23. The predicted molar refractivity (Wildman–Crippen MR) is 97.8 cm³/mol. The van der Waals surface area contributed by atoms with Gasteiger partial charge in [-0.25, -0.2) is 4.98 Å². The second-order valence-electron chi connectivity index (χ2n) is 6.32. The average Bonchev–Trinajstić information content (AvgIpc) is 3.04. The van der Waals surface area contributed by atoms with Crippen LogP contribution in [0.1, 0.15) is 50.2 Å². The molecule has 0 radical (unpaired) electrons. The van der Waals surface area contributed by atoms with E-state index in [4.69, 9.17) is 4.42 Å². The monoisotopic (exact) mass is 342 g/mol. The van der Waals surface area contributed by atoms with E-state index < -0.39 is 0 Å². The van der Waals surface area contributed by atoms with Crippen molar-refractivity contribution in [2.45, 2.75) is 40.7 Å². The summed E-state index contributed by atoms with van der Waals surface area (Å²) in [5.74, 6) is 0.300. The Hall–Kier alpha value is -2.14. The fraction of sp³-hybridized carbons (Fsp3) is 0.368. The summed E-state index contributed by atoms with van der Waals surface area (Å²) in [7, 11) is 1.80. The van der Waals surface area contributed by atoms with E-state index >= 15 is 0 Å². The molecule has 3 aromatic rings. The van der Waals surface area contributed by atoms with Crippen molar-refractivity contribution in [2.24, 2.45) is 0 Å². The molecule has 1 amide bonds. The van der Waals surface area contributed by atoms with Gasteiger partial charge in [-0.15, -0.1) is 11.3 Å². The number of carbonyl (C=O) groups excluding carboxylic acids is 1. The third-order valence-electron chi connectivity index (χ3n) is 4.52. The summed E-state index contributed by atoms with van der Waals surface area (Å²) in [4.78, 5) is 20.4. The van der Waals surface area contributed by atoms with Crippen molar-refractivity contribution in [2.75, 3.05) is 7.05 Å². The van der Waals surface area contributed by atoms with Gasteiger partial charge in [-0.3, -0.25) is 4.79 Å². The van der Waals surface area contributed by atoms with E-state index in [1.807, 2.05) is 52.8 Å². The summed E-state index contributed by atoms with van der Waals surface area (Å²) in [6.07, 6.45) is 0. The minimum absolute atomic E-state index is 0.100. The van der Waals surface area contributed by atoms with Crippen LogP contribution in [0.15, 0.2) is 22.6 Å². The molecule has 0 N–H and O–H groups in total. The van der Waals surface area contributed by atoms with E-state index in [2.05, 4.69) is 4.98 Å². The minimum Gasteiger partial charge on any atom is -0.451 e. The molecule has 0 saturated carbocycles. The van der Waals surface area contributed by atoms with Gasteiger partial charge in [0.05, 0.1) is 16.7 Å². The smallest absolute Gasteiger partial charge is 0.290 e. The summed E-state index contributed by atoms with van der Waals surface area (Å²) in [5, 5.41) is 2.01. The third kappa shape index (κ3) is 2.73. The van der Waals surface area contributed by atoms with Crippen molar-refractivity contribution >= 4 is 28.2 Å². The molecule has 2 heterocycles. The van der Waals surface area contributed by atoms with Crippen molar-refractivity contribution in [1.82, 2.24) is 9.88 Å². The molecule has 2 aromatic heterocycles. The molecule has 4 nitrogen and oxygen atoms in total. The van der Waals surface area contributed by atoms with E-state index in [0.717, 1.165) is 37.7 Å². The number of hydrogen-bond donors (Lipinski definition) is 0. The molecule has 0 aliphatic heterocycles. The Kier molecular flexibility index (Phi) is 4.22. The topological polar surface area (TPSA) is 46.3 Å². The molecule has 0 aliphatic carbocycles. The molecule has 3 rings (SSSR count). The van der Waals surface area contributed by atoms with Gasteiger partial charge in [-0.2, -0.15) is 0 Å². The number of rotatable bonds is 3. The second kappa shape index (κ2) is 6.06. The Morgan fingerprint density at radius 3 is 2.58 bits per heavy atom. The van der Waals surface area contributed by atoms with E-state index in [1.165, 1.54) is 0 Å². The Bertz CT molecular complexity index is 923. The number of aryl methyl sites for hydroxylation is 4. The highest BCUT2D eigenvalue weighted by molar-refractivity contribution is 7.11. The maximum atomic E-state index is 13.0. The molecule has 126 valence electrons. The molecule has 0 saturated heterocycles. The molecule has 0 fully saturated rings. The van der Waals surface area contributed by atoms with Crippen molar-refractivity contribution in [1.29, 1.82) is 0 Å². The van der Waals surface area contributed by atoms with Crippen LogP contribution in [-0.2, 0) is 0 Å². The van der Waals surface area contributed by atoms with Crippen LogP contribution in [0.5, 0.6) is 0 Å². The van der Waals surface area contributed by atoms with Gasteiger partial charge >= 0.3 is 0 Å². The standard InChI is InChI=1S/C19H22N2O2S/c1-10-7-8-15-11(2)18(23-16(15)9-10)19(22)21(6)12(3)17-13(4)24-14(5)20-17/h7-9,12H,1-6H3/t12-/m0/s1. The van der Waals surface area contributed by atoms with Gasteiger partial charge < -0.3 is 9.32 Å². The molecular formula is C19H22N2O2S. The summed E-state index contributed by atoms with van der Waals surface area (Å²) in [5.41, 5.74) is 3.72. The predicted octanol–water partition coefficient (Wildman–Crippen LogP) is 4.96. The zero-order valence-electron chi connectivity index (χ0n) is 14.9. The fourth-order valence-electron chi connectivity index (χ4n) is 2.99. The number of furan rings is 1. The van der Waals surface area contributed by atoms with Crippen LogP contribution >= 0.6 is 11.3 Å². The molecule has 0 spiro atoms. The maximum Gasteiger partial charge on any atom is 0.290 e. The molecule has 1 aromatic carbocycles. The summed E-state index contributed by atoms with van der Waals surface area (Å²) >= 11 is 1.66. The zero-order chi connectivity index (χ0) is 17.6. The van der Waals surface area contributed by atoms with Crippen molar-refractivity contribution in [3.63, 3.8) is 0 Å². The zero-order valence-corrected chi connectivity index (χ0v) is 15.7. The lowest BCUT2D eigenvalue weighted by Crippen LogP contribution is -2.30. The second-order valence-corrected chi connectivity index (χ2v) is 7.73. The number of aromatic nitrogens is 1. The first-order valence-electron chi connectivity index (χ1n) is 8.00. The van der Waals surface area contributed by atoms with Gasteiger partial charge in [-0.05, 0) is 46.2 Å². The number of fused-ring (bicyclic) bond motifs is 1. The number of nitrogens with zero attached hydrogens (tertiary/aromatic N) is 2. The van der Waals surface area contributed by atoms with Crippen molar-refractivity contribution in [3.8, 4) is 0 Å². The van der Waals surface area contributed by atoms with E-state index in [0.29, 0.717) is 5.76 Å². The highest BCUT2D eigenvalue weighted by Gasteiger charge is 2.27. The summed E-state index contributed by atoms with van der Waals surface area (Å²) in [6, 6.07) is 5.91. The van der Waals surface area contributed by atoms with Gasteiger partial charge in [0.2, 0.25) is 0 Å². The van der Waals surface area contributed by atoms with Crippen molar-refractivity contribution in [3.05, 3.63) is 50.7 Å². The third-order valence-corrected chi connectivity index (χ3v) is 5.43. The summed E-state index contributed by atoms with van der Waals surface area (Å²) in [6.45, 7) is 9.98. The highest BCUT2D eigenvalue weighted by Crippen LogP contribution is 2.30. The van der Waals surface area contributed by atoms with Crippen molar-refractivity contribution < 1.29 is 9.21 Å². The quantitative estimate of drug-likeness (QED) is 0.676. The first-order valence-corrected chi connectivity index (χ1v) is 8.82. The Labute approximate surface area is 146 Å². The molecule has 1 atom stereocenters. The Balaban J connectivity index is 1.96. The van der Waals surface area contributed by atoms with Crippen LogP contribution in [0.4, 0.5) is 0 Å². The molecular weight excluding hydrogens is 320 g/mol. The normalized spacial score (nSPS) is 12.6.